The standard InChI is InChI=1S/C28H32F3N5O4S/c1-19-16-26(2,3)35(18-19)22-15-23(32-17-21(22)25(37)34-41(38,39)20-7-5-4-6-8-20)36-13-9-24(33-36)40-14-12-27(10-11-27)28(29,30)31/h4-9,13,15,17,19H,10-12,14,16,18H2,1-3H3,(H,34,37)/t19-/m0/s1. The van der Waals surface area contributed by atoms with Gasteiger partial charge in [-0.1, -0.05) is 25.1 Å². The van der Waals surface area contributed by atoms with E-state index >= 15 is 0 Å². The quantitative estimate of drug-likeness (QED) is 0.368. The summed E-state index contributed by atoms with van der Waals surface area (Å²) in [5.74, 6) is -0.0120. The van der Waals surface area contributed by atoms with Crippen molar-refractivity contribution in [3.05, 3.63) is 60.4 Å². The zero-order valence-corrected chi connectivity index (χ0v) is 23.8. The molecule has 3 heterocycles. The Kier molecular flexibility index (Phi) is 7.29. The van der Waals surface area contributed by atoms with Gasteiger partial charge in [-0.3, -0.25) is 4.79 Å². The molecule has 1 saturated carbocycles. The first-order chi connectivity index (χ1) is 19.2. The molecule has 0 radical (unpaired) electrons. The topological polar surface area (TPSA) is 106 Å². The van der Waals surface area contributed by atoms with E-state index in [0.717, 1.165) is 6.42 Å². The van der Waals surface area contributed by atoms with Crippen LogP contribution in [-0.4, -0.2) is 54.0 Å². The normalized spacial score (nSPS) is 19.7. The fourth-order valence-corrected chi connectivity index (χ4v) is 6.48. The molecule has 2 fully saturated rings. The number of hydrogen-bond acceptors (Lipinski definition) is 7. The molecular weight excluding hydrogens is 559 g/mol. The van der Waals surface area contributed by atoms with Gasteiger partial charge in [-0.15, -0.1) is 5.10 Å². The van der Waals surface area contributed by atoms with Crippen LogP contribution in [0.4, 0.5) is 18.9 Å². The van der Waals surface area contributed by atoms with Gasteiger partial charge in [0, 0.05) is 36.6 Å². The molecule has 41 heavy (non-hydrogen) atoms. The molecule has 2 aliphatic rings. The number of carbonyl (C=O) groups is 1. The Morgan fingerprint density at radius 1 is 1.17 bits per heavy atom. The maximum Gasteiger partial charge on any atom is 0.394 e. The lowest BCUT2D eigenvalue weighted by molar-refractivity contribution is -0.190. The van der Waals surface area contributed by atoms with Gasteiger partial charge in [0.1, 0.15) is 0 Å². The van der Waals surface area contributed by atoms with Crippen molar-refractivity contribution in [3.63, 3.8) is 0 Å². The van der Waals surface area contributed by atoms with E-state index in [1.54, 1.807) is 30.5 Å². The van der Waals surface area contributed by atoms with Gasteiger partial charge < -0.3 is 9.64 Å². The number of nitrogens with one attached hydrogen (secondary N) is 1. The predicted octanol–water partition coefficient (Wildman–Crippen LogP) is 5.12. The van der Waals surface area contributed by atoms with Crippen molar-refractivity contribution in [2.45, 2.75) is 63.1 Å². The van der Waals surface area contributed by atoms with Gasteiger partial charge in [0.05, 0.1) is 28.2 Å². The fourth-order valence-electron chi connectivity index (χ4n) is 5.49. The van der Waals surface area contributed by atoms with Crippen LogP contribution in [0.2, 0.25) is 0 Å². The number of amides is 1. The number of halogens is 3. The molecule has 5 rings (SSSR count). The minimum absolute atomic E-state index is 0.0403. The lowest BCUT2D eigenvalue weighted by Crippen LogP contribution is -2.40. The number of pyridine rings is 1. The lowest BCUT2D eigenvalue weighted by Gasteiger charge is -2.35. The molecule has 1 atom stereocenters. The first-order valence-electron chi connectivity index (χ1n) is 13.4. The fraction of sp³-hybridized carbons (Fsp3) is 0.464. The average Bonchev–Trinajstić information content (AvgIpc) is 3.47. The van der Waals surface area contributed by atoms with Crippen LogP contribution in [0.3, 0.4) is 0 Å². The van der Waals surface area contributed by atoms with Crippen LogP contribution in [0, 0.1) is 11.3 Å². The molecule has 3 aromatic rings. The molecule has 13 heteroatoms. The minimum Gasteiger partial charge on any atom is -0.477 e. The number of anilines is 1. The van der Waals surface area contributed by atoms with Gasteiger partial charge in [0.15, 0.2) is 5.82 Å². The van der Waals surface area contributed by atoms with Crippen molar-refractivity contribution in [3.8, 4) is 11.7 Å². The van der Waals surface area contributed by atoms with E-state index in [0.29, 0.717) is 24.0 Å². The van der Waals surface area contributed by atoms with Crippen LogP contribution in [0.15, 0.2) is 59.8 Å². The third-order valence-corrected chi connectivity index (χ3v) is 9.19. The second-order valence-corrected chi connectivity index (χ2v) is 13.2. The first-order valence-corrected chi connectivity index (χ1v) is 14.8. The Balaban J connectivity index is 1.40. The van der Waals surface area contributed by atoms with Crippen LogP contribution in [0.25, 0.3) is 5.82 Å². The van der Waals surface area contributed by atoms with Crippen molar-refractivity contribution < 1.29 is 31.1 Å². The van der Waals surface area contributed by atoms with Crippen LogP contribution in [-0.2, 0) is 10.0 Å². The number of carbonyl (C=O) groups excluding carboxylic acids is 1. The van der Waals surface area contributed by atoms with Gasteiger partial charge in [0.2, 0.25) is 5.88 Å². The Bertz CT molecular complexity index is 1540. The first kappa shape index (κ1) is 28.9. The molecule has 0 spiro atoms. The van der Waals surface area contributed by atoms with Crippen LogP contribution in [0.5, 0.6) is 5.88 Å². The van der Waals surface area contributed by atoms with E-state index in [1.165, 1.54) is 29.1 Å². The summed E-state index contributed by atoms with van der Waals surface area (Å²) < 4.78 is 74.4. The number of aromatic nitrogens is 3. The van der Waals surface area contributed by atoms with Gasteiger partial charge in [0.25, 0.3) is 15.9 Å². The Morgan fingerprint density at radius 2 is 1.88 bits per heavy atom. The number of nitrogens with zero attached hydrogens (tertiary/aromatic N) is 4. The molecule has 1 aliphatic heterocycles. The summed E-state index contributed by atoms with van der Waals surface area (Å²) in [5.41, 5.74) is -1.42. The molecule has 1 amide bonds. The zero-order chi connectivity index (χ0) is 29.6. The summed E-state index contributed by atoms with van der Waals surface area (Å²) in [6, 6.07) is 10.8. The third kappa shape index (κ3) is 5.90. The molecule has 1 aromatic carbocycles. The monoisotopic (exact) mass is 591 g/mol. The summed E-state index contributed by atoms with van der Waals surface area (Å²) >= 11 is 0. The molecule has 1 N–H and O–H groups in total. The van der Waals surface area contributed by atoms with Gasteiger partial charge in [-0.05, 0) is 57.6 Å². The molecular formula is C28H32F3N5O4S. The SMILES string of the molecule is C[C@@H]1CN(c2cc(-n3ccc(OCCC4(C(F)(F)F)CC4)n3)ncc2C(=O)NS(=O)(=O)c2ccccc2)C(C)(C)C1. The highest BCUT2D eigenvalue weighted by Gasteiger charge is 2.62. The van der Waals surface area contributed by atoms with E-state index < -0.39 is 27.5 Å². The molecule has 9 nitrogen and oxygen atoms in total. The summed E-state index contributed by atoms with van der Waals surface area (Å²) in [5, 5.41) is 4.31. The largest absolute Gasteiger partial charge is 0.477 e. The lowest BCUT2D eigenvalue weighted by atomic mass is 9.97. The van der Waals surface area contributed by atoms with Gasteiger partial charge in [-0.25, -0.2) is 22.8 Å². The van der Waals surface area contributed by atoms with Crippen molar-refractivity contribution in [1.29, 1.82) is 0 Å². The van der Waals surface area contributed by atoms with E-state index in [4.69, 9.17) is 4.74 Å². The Morgan fingerprint density at radius 3 is 2.49 bits per heavy atom. The number of sulfonamides is 1. The Hall–Kier alpha value is -3.61. The highest BCUT2D eigenvalue weighted by atomic mass is 32.2. The minimum atomic E-state index is -4.24. The summed E-state index contributed by atoms with van der Waals surface area (Å²) in [6.45, 7) is 6.71. The zero-order valence-electron chi connectivity index (χ0n) is 23.0. The molecule has 0 bridgehead atoms. The number of rotatable bonds is 9. The van der Waals surface area contributed by atoms with E-state index in [-0.39, 0.29) is 47.7 Å². The third-order valence-electron chi connectivity index (χ3n) is 7.84. The van der Waals surface area contributed by atoms with Crippen molar-refractivity contribution in [1.82, 2.24) is 19.5 Å². The number of ether oxygens (including phenoxy) is 1. The maximum absolute atomic E-state index is 13.4. The van der Waals surface area contributed by atoms with E-state index in [2.05, 4.69) is 26.6 Å². The highest BCUT2D eigenvalue weighted by molar-refractivity contribution is 7.90. The predicted molar refractivity (Wildman–Crippen MR) is 145 cm³/mol. The van der Waals surface area contributed by atoms with Crippen LogP contribution in [0.1, 0.15) is 56.8 Å². The summed E-state index contributed by atoms with van der Waals surface area (Å²) in [6.07, 6.45) is -0.433. The number of hydrogen-bond donors (Lipinski definition) is 1. The molecule has 220 valence electrons. The molecule has 2 aromatic heterocycles. The number of alkyl halides is 3. The van der Waals surface area contributed by atoms with Crippen molar-refractivity contribution >= 4 is 21.6 Å². The van der Waals surface area contributed by atoms with Crippen molar-refractivity contribution in [2.24, 2.45) is 11.3 Å². The maximum atomic E-state index is 13.4. The Labute approximate surface area is 236 Å². The molecule has 1 saturated heterocycles. The molecule has 1 aliphatic carbocycles. The van der Waals surface area contributed by atoms with Gasteiger partial charge >= 0.3 is 6.18 Å². The van der Waals surface area contributed by atoms with Crippen molar-refractivity contribution in [2.75, 3.05) is 18.1 Å². The number of benzene rings is 1. The van der Waals surface area contributed by atoms with Crippen LogP contribution >= 0.6 is 0 Å². The average molecular weight is 592 g/mol. The second-order valence-electron chi connectivity index (χ2n) is 11.5. The summed E-state index contributed by atoms with van der Waals surface area (Å²) in [4.78, 5) is 19.7. The van der Waals surface area contributed by atoms with E-state index in [1.807, 2.05) is 13.8 Å². The smallest absolute Gasteiger partial charge is 0.394 e. The van der Waals surface area contributed by atoms with Gasteiger partial charge in [-0.2, -0.15) is 13.2 Å². The highest BCUT2D eigenvalue weighted by Crippen LogP contribution is 2.59. The van der Waals surface area contributed by atoms with Crippen LogP contribution < -0.4 is 14.4 Å². The van der Waals surface area contributed by atoms with E-state index in [9.17, 15) is 26.4 Å². The second kappa shape index (κ2) is 10.3. The molecule has 0 unspecified atom stereocenters. The summed E-state index contributed by atoms with van der Waals surface area (Å²) in [7, 11) is -4.12.